The highest BCUT2D eigenvalue weighted by molar-refractivity contribution is 14.1. The molecule has 1 heterocycles. The van der Waals surface area contributed by atoms with E-state index in [-0.39, 0.29) is 36.6 Å². The molecular weight excluding hydrogens is 532 g/mol. The van der Waals surface area contributed by atoms with Crippen LogP contribution in [0, 0.1) is 7.14 Å². The first kappa shape index (κ1) is 20.9. The maximum absolute atomic E-state index is 13.4. The molecule has 2 N–H and O–H groups in total. The highest BCUT2D eigenvalue weighted by Gasteiger charge is 2.23. The molecule has 1 saturated heterocycles. The minimum atomic E-state index is -0.392. The average molecular weight is 549 g/mol. The van der Waals surface area contributed by atoms with Crippen molar-refractivity contribution in [1.82, 2.24) is 10.2 Å². The molecule has 0 spiro atoms. The fraction of sp³-hybridized carbons (Fsp3) is 0.500. The van der Waals surface area contributed by atoms with Crippen molar-refractivity contribution in [2.75, 3.05) is 32.9 Å². The summed E-state index contributed by atoms with van der Waals surface area (Å²) in [6.07, 6.45) is 0. The van der Waals surface area contributed by atoms with E-state index in [2.05, 4.69) is 55.4 Å². The molecule has 2 rings (SSSR count). The Morgan fingerprint density at radius 2 is 1.70 bits per heavy atom. The number of piperazine rings is 1. The van der Waals surface area contributed by atoms with Gasteiger partial charge in [0.15, 0.2) is 0 Å². The quantitative estimate of drug-likeness (QED) is 0.569. The maximum Gasteiger partial charge on any atom is 0.142 e. The first-order valence-corrected chi connectivity index (χ1v) is 7.98. The van der Waals surface area contributed by atoms with Gasteiger partial charge in [-0.05, 0) is 62.9 Å². The van der Waals surface area contributed by atoms with E-state index in [1.54, 1.807) is 0 Å². The fourth-order valence-electron chi connectivity index (χ4n) is 2.17. The molecule has 20 heavy (non-hydrogen) atoms. The highest BCUT2D eigenvalue weighted by Crippen LogP contribution is 2.32. The first-order chi connectivity index (χ1) is 8.63. The molecule has 0 amide bonds. The van der Waals surface area contributed by atoms with Crippen molar-refractivity contribution in [2.24, 2.45) is 0 Å². The van der Waals surface area contributed by atoms with Gasteiger partial charge in [-0.2, -0.15) is 0 Å². The van der Waals surface area contributed by atoms with E-state index in [1.165, 1.54) is 0 Å². The van der Waals surface area contributed by atoms with E-state index in [0.717, 1.165) is 38.9 Å². The zero-order valence-corrected chi connectivity index (χ0v) is 16.6. The smallest absolute Gasteiger partial charge is 0.142 e. The van der Waals surface area contributed by atoms with Crippen LogP contribution in [0.2, 0.25) is 0 Å². The van der Waals surface area contributed by atoms with Gasteiger partial charge in [-0.15, -0.1) is 24.8 Å². The number of rotatable bonds is 3. The predicted molar refractivity (Wildman–Crippen MR) is 101 cm³/mol. The summed E-state index contributed by atoms with van der Waals surface area (Å²) in [6.45, 7) is 3.15. The lowest BCUT2D eigenvalue weighted by Crippen LogP contribution is -2.45. The molecule has 0 aromatic heterocycles. The average Bonchev–Trinajstić information content (AvgIpc) is 2.38. The van der Waals surface area contributed by atoms with Crippen LogP contribution in [-0.2, 0) is 0 Å². The Morgan fingerprint density at radius 1 is 1.20 bits per heavy atom. The van der Waals surface area contributed by atoms with E-state index in [1.807, 2.05) is 12.1 Å². The van der Waals surface area contributed by atoms with Crippen LogP contribution in [0.25, 0.3) is 0 Å². The molecule has 8 heteroatoms. The van der Waals surface area contributed by atoms with Gasteiger partial charge in [-0.1, -0.05) is 0 Å². The lowest BCUT2D eigenvalue weighted by atomic mass is 10.1. The fourth-order valence-corrected chi connectivity index (χ4v) is 3.99. The van der Waals surface area contributed by atoms with Gasteiger partial charge >= 0.3 is 0 Å². The van der Waals surface area contributed by atoms with Crippen molar-refractivity contribution >= 4 is 70.0 Å². The Bertz CT molecular complexity index is 411. The van der Waals surface area contributed by atoms with Crippen LogP contribution in [0.4, 0.5) is 4.39 Å². The topological polar surface area (TPSA) is 35.5 Å². The van der Waals surface area contributed by atoms with Gasteiger partial charge < -0.3 is 10.4 Å². The van der Waals surface area contributed by atoms with Crippen molar-refractivity contribution in [3.05, 3.63) is 24.8 Å². The molecule has 1 aromatic rings. The summed E-state index contributed by atoms with van der Waals surface area (Å²) in [5, 5.41) is 13.0. The second-order valence-corrected chi connectivity index (χ2v) is 6.61. The number of aromatic hydroxyl groups is 1. The zero-order chi connectivity index (χ0) is 13.1. The van der Waals surface area contributed by atoms with Crippen molar-refractivity contribution in [3.63, 3.8) is 0 Å². The Hall–Kier alpha value is 0.910. The third-order valence-electron chi connectivity index (χ3n) is 3.16. The molecule has 1 atom stereocenters. The number of nitrogens with one attached hydrogen (secondary N) is 1. The second-order valence-electron chi connectivity index (χ2n) is 4.29. The third kappa shape index (κ3) is 4.98. The largest absolute Gasteiger partial charge is 0.506 e. The SMILES string of the molecule is Cl.Cl.Oc1c(I)cc([C@H](CF)N2CCNCC2)cc1I. The number of phenolic OH excluding ortho intramolecular Hbond substituents is 1. The molecule has 0 saturated carbocycles. The van der Waals surface area contributed by atoms with Crippen LogP contribution in [0.5, 0.6) is 5.75 Å². The number of benzene rings is 1. The number of hydrogen-bond donors (Lipinski definition) is 2. The molecule has 1 aromatic carbocycles. The number of hydrogen-bond acceptors (Lipinski definition) is 3. The number of alkyl halides is 1. The van der Waals surface area contributed by atoms with Crippen LogP contribution in [0.3, 0.4) is 0 Å². The highest BCUT2D eigenvalue weighted by atomic mass is 127. The van der Waals surface area contributed by atoms with Gasteiger partial charge in [-0.3, -0.25) is 4.90 Å². The minimum absolute atomic E-state index is 0. The lowest BCUT2D eigenvalue weighted by molar-refractivity contribution is 0.147. The molecule has 1 aliphatic heterocycles. The van der Waals surface area contributed by atoms with Gasteiger partial charge in [-0.25, -0.2) is 4.39 Å². The Morgan fingerprint density at radius 3 is 2.15 bits per heavy atom. The molecule has 1 fully saturated rings. The van der Waals surface area contributed by atoms with Gasteiger partial charge in [0.05, 0.1) is 13.2 Å². The summed E-state index contributed by atoms with van der Waals surface area (Å²) in [6, 6.07) is 3.56. The monoisotopic (exact) mass is 548 g/mol. The van der Waals surface area contributed by atoms with Crippen LogP contribution in [0.1, 0.15) is 11.6 Å². The van der Waals surface area contributed by atoms with Crippen LogP contribution >= 0.6 is 70.0 Å². The zero-order valence-electron chi connectivity index (χ0n) is 10.6. The predicted octanol–water partition coefficient (Wildman–Crippen LogP) is 3.36. The van der Waals surface area contributed by atoms with Crippen molar-refractivity contribution in [2.45, 2.75) is 6.04 Å². The summed E-state index contributed by atoms with van der Waals surface area (Å²) in [7, 11) is 0. The number of halogens is 5. The van der Waals surface area contributed by atoms with Crippen LogP contribution in [-0.4, -0.2) is 42.9 Å². The molecule has 0 radical (unpaired) electrons. The van der Waals surface area contributed by atoms with Crippen LogP contribution in [0.15, 0.2) is 12.1 Å². The number of phenols is 1. The maximum atomic E-state index is 13.4. The van der Waals surface area contributed by atoms with E-state index < -0.39 is 6.67 Å². The van der Waals surface area contributed by atoms with Gasteiger partial charge in [0, 0.05) is 26.2 Å². The second kappa shape index (κ2) is 9.83. The molecule has 1 aliphatic rings. The van der Waals surface area contributed by atoms with Crippen LogP contribution < -0.4 is 5.32 Å². The Kier molecular flexibility index (Phi) is 10.3. The molecule has 116 valence electrons. The molecule has 0 bridgehead atoms. The molecular formula is C12H17Cl2FI2N2O. The third-order valence-corrected chi connectivity index (χ3v) is 4.81. The first-order valence-electron chi connectivity index (χ1n) is 5.82. The van der Waals surface area contributed by atoms with Crippen molar-refractivity contribution in [1.29, 1.82) is 0 Å². The van der Waals surface area contributed by atoms with E-state index in [4.69, 9.17) is 0 Å². The minimum Gasteiger partial charge on any atom is -0.506 e. The summed E-state index contributed by atoms with van der Waals surface area (Å²) in [4.78, 5) is 2.16. The van der Waals surface area contributed by atoms with Gasteiger partial charge in [0.2, 0.25) is 0 Å². The summed E-state index contributed by atoms with van der Waals surface area (Å²) >= 11 is 4.18. The number of nitrogens with zero attached hydrogens (tertiary/aromatic N) is 1. The molecule has 3 nitrogen and oxygen atoms in total. The lowest BCUT2D eigenvalue weighted by Gasteiger charge is -2.33. The van der Waals surface area contributed by atoms with E-state index >= 15 is 0 Å². The van der Waals surface area contributed by atoms with E-state index in [9.17, 15) is 9.50 Å². The molecule has 0 unspecified atom stereocenters. The summed E-state index contributed by atoms with van der Waals surface area (Å²) in [5.74, 6) is 0.290. The summed E-state index contributed by atoms with van der Waals surface area (Å²) < 4.78 is 14.9. The Labute approximate surface area is 158 Å². The Balaban J connectivity index is 0.00000180. The van der Waals surface area contributed by atoms with E-state index in [0.29, 0.717) is 0 Å². The van der Waals surface area contributed by atoms with Gasteiger partial charge in [0.25, 0.3) is 0 Å². The van der Waals surface area contributed by atoms with Crippen molar-refractivity contribution < 1.29 is 9.50 Å². The summed E-state index contributed by atoms with van der Waals surface area (Å²) in [5.41, 5.74) is 0.950. The van der Waals surface area contributed by atoms with Gasteiger partial charge in [0.1, 0.15) is 12.4 Å². The van der Waals surface area contributed by atoms with Crippen molar-refractivity contribution in [3.8, 4) is 5.75 Å². The molecule has 0 aliphatic carbocycles. The standard InChI is InChI=1S/C12H15FI2N2O.2ClH/c13-7-11(17-3-1-16-2-4-17)8-5-9(14)12(18)10(15)6-8;;/h5-6,11,16,18H,1-4,7H2;2*1H/t11-;;/m0../s1. The normalized spacial score (nSPS) is 16.9.